The SMILES string of the molecule is COc1ccccc1/C(O)=C1/C(=O)C(=O)N(CCOC(C)C)C1c1ccc(C)o1. The van der Waals surface area contributed by atoms with Crippen molar-refractivity contribution in [2.45, 2.75) is 32.9 Å². The second kappa shape index (κ2) is 8.53. The first kappa shape index (κ1) is 20.7. The van der Waals surface area contributed by atoms with Crippen LogP contribution in [0.1, 0.15) is 37.0 Å². The van der Waals surface area contributed by atoms with Crippen LogP contribution in [0.5, 0.6) is 5.75 Å². The Kier molecular flexibility index (Phi) is 6.08. The Morgan fingerprint density at radius 3 is 2.55 bits per heavy atom. The molecule has 7 nitrogen and oxygen atoms in total. The van der Waals surface area contributed by atoms with Gasteiger partial charge in [0, 0.05) is 6.54 Å². The lowest BCUT2D eigenvalue weighted by Gasteiger charge is -2.23. The molecule has 0 spiro atoms. The lowest BCUT2D eigenvalue weighted by Crippen LogP contribution is -2.33. The van der Waals surface area contributed by atoms with Gasteiger partial charge < -0.3 is 23.9 Å². The Morgan fingerprint density at radius 2 is 1.93 bits per heavy atom. The number of aliphatic hydroxyl groups is 1. The molecule has 0 aliphatic carbocycles. The molecular formula is C22H25NO6. The van der Waals surface area contributed by atoms with Gasteiger partial charge in [-0.3, -0.25) is 9.59 Å². The van der Waals surface area contributed by atoms with Crippen LogP contribution in [-0.2, 0) is 14.3 Å². The van der Waals surface area contributed by atoms with Gasteiger partial charge in [-0.1, -0.05) is 12.1 Å². The molecule has 1 aromatic carbocycles. The van der Waals surface area contributed by atoms with Gasteiger partial charge in [0.2, 0.25) is 0 Å². The number of hydrogen-bond acceptors (Lipinski definition) is 6. The molecule has 1 aliphatic heterocycles. The van der Waals surface area contributed by atoms with Crippen LogP contribution in [-0.4, -0.2) is 48.1 Å². The summed E-state index contributed by atoms with van der Waals surface area (Å²) in [5, 5.41) is 11.0. The van der Waals surface area contributed by atoms with E-state index in [2.05, 4.69) is 0 Å². The molecule has 1 N–H and O–H groups in total. The van der Waals surface area contributed by atoms with Crippen molar-refractivity contribution in [2.24, 2.45) is 0 Å². The van der Waals surface area contributed by atoms with E-state index in [1.165, 1.54) is 12.0 Å². The number of likely N-dealkylation sites (tertiary alicyclic amines) is 1. The lowest BCUT2D eigenvalue weighted by atomic mass is 9.99. The number of furan rings is 1. The van der Waals surface area contributed by atoms with Gasteiger partial charge in [0.25, 0.3) is 11.7 Å². The lowest BCUT2D eigenvalue weighted by molar-refractivity contribution is -0.140. The third kappa shape index (κ3) is 4.05. The molecule has 0 bridgehead atoms. The number of aliphatic hydroxyl groups excluding tert-OH is 1. The predicted octanol–water partition coefficient (Wildman–Crippen LogP) is 3.44. The quantitative estimate of drug-likeness (QED) is 0.436. The van der Waals surface area contributed by atoms with Gasteiger partial charge in [-0.2, -0.15) is 0 Å². The van der Waals surface area contributed by atoms with Gasteiger partial charge >= 0.3 is 0 Å². The predicted molar refractivity (Wildman–Crippen MR) is 107 cm³/mol. The maximum Gasteiger partial charge on any atom is 0.295 e. The average molecular weight is 399 g/mol. The highest BCUT2D eigenvalue weighted by Crippen LogP contribution is 2.41. The van der Waals surface area contributed by atoms with E-state index < -0.39 is 17.7 Å². The highest BCUT2D eigenvalue weighted by Gasteiger charge is 2.47. The number of nitrogens with zero attached hydrogens (tertiary/aromatic N) is 1. The number of ketones is 1. The Hall–Kier alpha value is -3.06. The fourth-order valence-electron chi connectivity index (χ4n) is 3.38. The van der Waals surface area contributed by atoms with Crippen LogP contribution in [0.2, 0.25) is 0 Å². The first-order valence-electron chi connectivity index (χ1n) is 9.44. The molecule has 2 aromatic rings. The number of rotatable bonds is 7. The topological polar surface area (TPSA) is 89.2 Å². The summed E-state index contributed by atoms with van der Waals surface area (Å²) < 4.78 is 16.6. The fourth-order valence-corrected chi connectivity index (χ4v) is 3.38. The zero-order chi connectivity index (χ0) is 21.1. The second-order valence-corrected chi connectivity index (χ2v) is 7.06. The van der Waals surface area contributed by atoms with Crippen LogP contribution in [0.15, 0.2) is 46.4 Å². The molecule has 29 heavy (non-hydrogen) atoms. The number of benzene rings is 1. The number of hydrogen-bond donors (Lipinski definition) is 1. The summed E-state index contributed by atoms with van der Waals surface area (Å²) in [6.45, 7) is 6.01. The second-order valence-electron chi connectivity index (χ2n) is 7.06. The van der Waals surface area contributed by atoms with Crippen LogP contribution in [0.4, 0.5) is 0 Å². The molecule has 1 amide bonds. The molecule has 2 heterocycles. The molecule has 7 heteroatoms. The van der Waals surface area contributed by atoms with Crippen molar-refractivity contribution in [1.29, 1.82) is 0 Å². The molecule has 1 aromatic heterocycles. The zero-order valence-corrected chi connectivity index (χ0v) is 17.0. The minimum atomic E-state index is -0.843. The number of ether oxygens (including phenoxy) is 2. The van der Waals surface area contributed by atoms with Crippen molar-refractivity contribution in [3.05, 3.63) is 59.1 Å². The van der Waals surface area contributed by atoms with E-state index in [-0.39, 0.29) is 30.6 Å². The number of para-hydroxylation sites is 1. The van der Waals surface area contributed by atoms with Gasteiger partial charge in [-0.05, 0) is 45.0 Å². The van der Waals surface area contributed by atoms with E-state index in [1.807, 2.05) is 13.8 Å². The number of Topliss-reactive ketones (excluding diaryl/α,β-unsaturated/α-hetero) is 1. The standard InChI is InChI=1S/C22H25NO6/c1-13(2)28-12-11-23-19(17-10-9-14(3)29-17)18(21(25)22(23)26)20(24)15-7-5-6-8-16(15)27-4/h5-10,13,19,24H,11-12H2,1-4H3/b20-18-. The number of carbonyl (C=O) groups excluding carboxylic acids is 2. The van der Waals surface area contributed by atoms with Crippen molar-refractivity contribution in [2.75, 3.05) is 20.3 Å². The largest absolute Gasteiger partial charge is 0.507 e. The Labute approximate surface area is 169 Å². The first-order chi connectivity index (χ1) is 13.8. The Balaban J connectivity index is 2.10. The fraction of sp³-hybridized carbons (Fsp3) is 0.364. The van der Waals surface area contributed by atoms with Crippen LogP contribution in [0.25, 0.3) is 5.76 Å². The van der Waals surface area contributed by atoms with E-state index in [0.29, 0.717) is 22.8 Å². The molecule has 1 unspecified atom stereocenters. The van der Waals surface area contributed by atoms with E-state index >= 15 is 0 Å². The molecular weight excluding hydrogens is 374 g/mol. The van der Waals surface area contributed by atoms with Crippen LogP contribution in [0.3, 0.4) is 0 Å². The van der Waals surface area contributed by atoms with Gasteiger partial charge in [-0.15, -0.1) is 0 Å². The van der Waals surface area contributed by atoms with Crippen LogP contribution < -0.4 is 4.74 Å². The number of methoxy groups -OCH3 is 1. The van der Waals surface area contributed by atoms with E-state index in [4.69, 9.17) is 13.9 Å². The van der Waals surface area contributed by atoms with Crippen LogP contribution >= 0.6 is 0 Å². The van der Waals surface area contributed by atoms with Gasteiger partial charge in [0.05, 0.1) is 31.0 Å². The number of aryl methyl sites for hydroxylation is 1. The minimum Gasteiger partial charge on any atom is -0.507 e. The summed E-state index contributed by atoms with van der Waals surface area (Å²) in [6.07, 6.45) is -0.00953. The molecule has 0 radical (unpaired) electrons. The van der Waals surface area contributed by atoms with Crippen molar-refractivity contribution in [3.8, 4) is 5.75 Å². The van der Waals surface area contributed by atoms with Crippen LogP contribution in [0, 0.1) is 6.92 Å². The maximum absolute atomic E-state index is 12.9. The van der Waals surface area contributed by atoms with E-state index in [0.717, 1.165) is 0 Å². The van der Waals surface area contributed by atoms with Gasteiger partial charge in [0.1, 0.15) is 29.1 Å². The third-order valence-corrected chi connectivity index (χ3v) is 4.72. The van der Waals surface area contributed by atoms with E-state index in [1.54, 1.807) is 43.3 Å². The van der Waals surface area contributed by atoms with Crippen molar-refractivity contribution in [3.63, 3.8) is 0 Å². The Morgan fingerprint density at radius 1 is 1.21 bits per heavy atom. The van der Waals surface area contributed by atoms with Crippen molar-refractivity contribution >= 4 is 17.4 Å². The monoisotopic (exact) mass is 399 g/mol. The molecule has 1 aliphatic rings. The van der Waals surface area contributed by atoms with Gasteiger partial charge in [-0.25, -0.2) is 0 Å². The summed E-state index contributed by atoms with van der Waals surface area (Å²) in [6, 6.07) is 9.40. The summed E-state index contributed by atoms with van der Waals surface area (Å²) in [5.74, 6) is -0.324. The summed E-state index contributed by atoms with van der Waals surface area (Å²) in [7, 11) is 1.47. The maximum atomic E-state index is 12.9. The molecule has 1 fully saturated rings. The number of carbonyl (C=O) groups is 2. The highest BCUT2D eigenvalue weighted by molar-refractivity contribution is 6.46. The zero-order valence-electron chi connectivity index (χ0n) is 17.0. The normalized spacial score (nSPS) is 18.7. The first-order valence-corrected chi connectivity index (χ1v) is 9.44. The molecule has 1 saturated heterocycles. The molecule has 154 valence electrons. The van der Waals surface area contributed by atoms with E-state index in [9.17, 15) is 14.7 Å². The smallest absolute Gasteiger partial charge is 0.295 e. The molecule has 0 saturated carbocycles. The summed E-state index contributed by atoms with van der Waals surface area (Å²) >= 11 is 0. The summed E-state index contributed by atoms with van der Waals surface area (Å²) in [5.41, 5.74) is 0.304. The minimum absolute atomic E-state index is 0.00953. The third-order valence-electron chi connectivity index (χ3n) is 4.72. The van der Waals surface area contributed by atoms with Crippen molar-refractivity contribution in [1.82, 2.24) is 4.90 Å². The Bertz CT molecular complexity index is 942. The number of amides is 1. The summed E-state index contributed by atoms with van der Waals surface area (Å²) in [4.78, 5) is 27.0. The highest BCUT2D eigenvalue weighted by atomic mass is 16.5. The molecule has 3 rings (SSSR count). The van der Waals surface area contributed by atoms with Gasteiger partial charge in [0.15, 0.2) is 0 Å². The average Bonchev–Trinajstić information content (AvgIpc) is 3.23. The van der Waals surface area contributed by atoms with Crippen molar-refractivity contribution < 1.29 is 28.6 Å². The molecule has 1 atom stereocenters.